The number of hydrogen-bond acceptors (Lipinski definition) is 4. The fraction of sp³-hybridized carbons (Fsp3) is 0.333. The van der Waals surface area contributed by atoms with Gasteiger partial charge in [0.2, 0.25) is 5.91 Å². The van der Waals surface area contributed by atoms with Gasteiger partial charge in [-0.25, -0.2) is 5.43 Å². The Kier molecular flexibility index (Phi) is 4.97. The smallest absolute Gasteiger partial charge is 0.284 e. The molecule has 0 atom stereocenters. The van der Waals surface area contributed by atoms with Crippen molar-refractivity contribution in [3.8, 4) is 0 Å². The molecule has 0 saturated heterocycles. The molecule has 7 heteroatoms. The van der Waals surface area contributed by atoms with Gasteiger partial charge in [-0.1, -0.05) is 11.8 Å². The maximum atomic E-state index is 11.9. The molecule has 1 aromatic rings. The quantitative estimate of drug-likeness (QED) is 0.642. The van der Waals surface area contributed by atoms with Crippen LogP contribution < -0.4 is 5.43 Å². The molecule has 4 nitrogen and oxygen atoms in total. The summed E-state index contributed by atoms with van der Waals surface area (Å²) < 4.78 is 28.9. The summed E-state index contributed by atoms with van der Waals surface area (Å²) in [6.07, 6.45) is 1.30. The summed E-state index contributed by atoms with van der Waals surface area (Å²) in [6.45, 7) is 1.32. The van der Waals surface area contributed by atoms with Crippen LogP contribution in [0.15, 0.2) is 21.7 Å². The molecule has 0 unspecified atom stereocenters. The van der Waals surface area contributed by atoms with Crippen LogP contribution in [0.2, 0.25) is 0 Å². The first kappa shape index (κ1) is 12.7. The van der Waals surface area contributed by atoms with Gasteiger partial charge in [0.1, 0.15) is 11.5 Å². The van der Waals surface area contributed by atoms with Crippen LogP contribution in [0.4, 0.5) is 8.78 Å². The van der Waals surface area contributed by atoms with Crippen molar-refractivity contribution in [2.75, 3.05) is 0 Å². The monoisotopic (exact) mass is 248 g/mol. The fourth-order valence-corrected chi connectivity index (χ4v) is 1.32. The zero-order chi connectivity index (χ0) is 12.0. The largest absolute Gasteiger partial charge is 0.459 e. The second-order valence-electron chi connectivity index (χ2n) is 2.80. The van der Waals surface area contributed by atoms with Gasteiger partial charge in [-0.15, -0.1) is 0 Å². The van der Waals surface area contributed by atoms with Crippen molar-refractivity contribution in [2.24, 2.45) is 5.10 Å². The van der Waals surface area contributed by atoms with Gasteiger partial charge in [0.05, 0.1) is 12.0 Å². The number of hydrazone groups is 1. The fourth-order valence-electron chi connectivity index (χ4n) is 0.873. The first-order valence-corrected chi connectivity index (χ1v) is 5.41. The molecule has 1 amide bonds. The van der Waals surface area contributed by atoms with Gasteiger partial charge in [-0.05, 0) is 12.1 Å². The van der Waals surface area contributed by atoms with Crippen LogP contribution in [0.1, 0.15) is 18.4 Å². The first-order valence-electron chi connectivity index (χ1n) is 4.36. The van der Waals surface area contributed by atoms with Crippen molar-refractivity contribution >= 4 is 23.9 Å². The molecule has 1 N–H and O–H groups in total. The van der Waals surface area contributed by atoms with E-state index in [0.29, 0.717) is 23.3 Å². The van der Waals surface area contributed by atoms with Crippen LogP contribution in [-0.2, 0) is 10.5 Å². The lowest BCUT2D eigenvalue weighted by molar-refractivity contribution is -0.118. The van der Waals surface area contributed by atoms with E-state index >= 15 is 0 Å². The molecule has 88 valence electrons. The van der Waals surface area contributed by atoms with Crippen molar-refractivity contribution in [2.45, 2.75) is 18.4 Å². The highest BCUT2D eigenvalue weighted by atomic mass is 32.2. The molecule has 0 bridgehead atoms. The number of amides is 1. The maximum Gasteiger partial charge on any atom is 0.284 e. The summed E-state index contributed by atoms with van der Waals surface area (Å²) in [6, 6.07) is 3.18. The highest BCUT2D eigenvalue weighted by Gasteiger charge is 2.06. The van der Waals surface area contributed by atoms with Crippen LogP contribution in [0.5, 0.6) is 0 Å². The summed E-state index contributed by atoms with van der Waals surface area (Å²) in [5.74, 6) is -1.77. The molecule has 1 heterocycles. The van der Waals surface area contributed by atoms with Crippen LogP contribution in [0.25, 0.3) is 0 Å². The number of thioether (sulfide) groups is 1. The molecule has 0 fully saturated rings. The van der Waals surface area contributed by atoms with Crippen molar-refractivity contribution in [1.29, 1.82) is 0 Å². The van der Waals surface area contributed by atoms with Gasteiger partial charge < -0.3 is 4.42 Å². The maximum absolute atomic E-state index is 11.9. The lowest BCUT2D eigenvalue weighted by Crippen LogP contribution is -2.12. The van der Waals surface area contributed by atoms with Crippen LogP contribution in [0, 0.1) is 0 Å². The third-order valence-corrected chi connectivity index (χ3v) is 2.15. The van der Waals surface area contributed by atoms with Crippen LogP contribution in [0.3, 0.4) is 0 Å². The van der Waals surface area contributed by atoms with Gasteiger partial charge in [-0.2, -0.15) is 13.9 Å². The first-order chi connectivity index (χ1) is 7.58. The second-order valence-corrected chi connectivity index (χ2v) is 3.78. The Morgan fingerprint density at radius 2 is 2.44 bits per heavy atom. The Labute approximate surface area is 95.1 Å². The molecular weight excluding hydrogens is 238 g/mol. The summed E-state index contributed by atoms with van der Waals surface area (Å²) in [5.41, 5.74) is 2.20. The van der Waals surface area contributed by atoms with Gasteiger partial charge in [0.25, 0.3) is 5.76 Å². The zero-order valence-corrected chi connectivity index (χ0v) is 9.26. The van der Waals surface area contributed by atoms with E-state index in [-0.39, 0.29) is 11.7 Å². The molecule has 0 aromatic carbocycles. The van der Waals surface area contributed by atoms with E-state index in [1.54, 1.807) is 12.1 Å². The van der Waals surface area contributed by atoms with Gasteiger partial charge >= 0.3 is 0 Å². The van der Waals surface area contributed by atoms with E-state index in [9.17, 15) is 13.6 Å². The normalized spacial score (nSPS) is 11.2. The minimum atomic E-state index is -2.42. The molecule has 0 aliphatic heterocycles. The standard InChI is InChI=1S/C9H10F2N2O2S/c1-6(14)13-12-4-7-2-3-8(15-7)5-16-9(10)11/h2-4,9H,5H2,1H3,(H,13,14)/b12-4-. The predicted molar refractivity (Wildman–Crippen MR) is 57.4 cm³/mol. The summed E-state index contributed by atoms with van der Waals surface area (Å²) in [4.78, 5) is 10.5. The number of furan rings is 1. The van der Waals surface area contributed by atoms with E-state index < -0.39 is 5.76 Å². The van der Waals surface area contributed by atoms with E-state index in [4.69, 9.17) is 4.42 Å². The summed E-state index contributed by atoms with van der Waals surface area (Å²) in [7, 11) is 0. The van der Waals surface area contributed by atoms with Crippen molar-refractivity contribution in [3.63, 3.8) is 0 Å². The third-order valence-electron chi connectivity index (χ3n) is 1.45. The molecule has 0 aliphatic carbocycles. The van der Waals surface area contributed by atoms with Gasteiger partial charge in [0, 0.05) is 6.92 Å². The lowest BCUT2D eigenvalue weighted by Gasteiger charge is -1.95. The number of alkyl halides is 2. The number of carbonyl (C=O) groups is 1. The highest BCUT2D eigenvalue weighted by molar-refractivity contribution is 7.98. The van der Waals surface area contributed by atoms with E-state index in [0.717, 1.165) is 0 Å². The molecule has 0 spiro atoms. The molecule has 0 radical (unpaired) electrons. The number of halogens is 2. The topological polar surface area (TPSA) is 54.6 Å². The molecule has 0 saturated carbocycles. The van der Waals surface area contributed by atoms with Crippen molar-refractivity contribution in [1.82, 2.24) is 5.43 Å². The minimum Gasteiger partial charge on any atom is -0.459 e. The lowest BCUT2D eigenvalue weighted by atomic mass is 10.4. The van der Waals surface area contributed by atoms with Crippen LogP contribution in [-0.4, -0.2) is 17.9 Å². The Morgan fingerprint density at radius 1 is 1.69 bits per heavy atom. The summed E-state index contributed by atoms with van der Waals surface area (Å²) >= 11 is 0.485. The minimum absolute atomic E-state index is 0.103. The highest BCUT2D eigenvalue weighted by Crippen LogP contribution is 2.20. The van der Waals surface area contributed by atoms with E-state index in [1.807, 2.05) is 0 Å². The van der Waals surface area contributed by atoms with E-state index in [1.165, 1.54) is 13.1 Å². The Morgan fingerprint density at radius 3 is 3.06 bits per heavy atom. The molecule has 1 aromatic heterocycles. The SMILES string of the molecule is CC(=O)N/N=C\c1ccc(CSC(F)F)o1. The van der Waals surface area contributed by atoms with Crippen LogP contribution >= 0.6 is 11.8 Å². The molecule has 1 rings (SSSR count). The third kappa shape index (κ3) is 4.92. The number of carbonyl (C=O) groups excluding carboxylic acids is 1. The van der Waals surface area contributed by atoms with Gasteiger partial charge in [0.15, 0.2) is 0 Å². The van der Waals surface area contributed by atoms with Crippen molar-refractivity contribution in [3.05, 3.63) is 23.7 Å². The number of hydrogen-bond donors (Lipinski definition) is 1. The molecular formula is C9H10F2N2O2S. The predicted octanol–water partition coefficient (Wildman–Crippen LogP) is 2.21. The van der Waals surface area contributed by atoms with Crippen molar-refractivity contribution < 1.29 is 18.0 Å². The molecule has 16 heavy (non-hydrogen) atoms. The zero-order valence-electron chi connectivity index (χ0n) is 8.44. The molecule has 0 aliphatic rings. The van der Waals surface area contributed by atoms with E-state index in [2.05, 4.69) is 10.5 Å². The average Bonchev–Trinajstić information content (AvgIpc) is 2.62. The Hall–Kier alpha value is -1.37. The number of nitrogens with one attached hydrogen (secondary N) is 1. The number of rotatable bonds is 5. The van der Waals surface area contributed by atoms with Gasteiger partial charge in [-0.3, -0.25) is 4.79 Å². The Bertz CT molecular complexity index is 379. The Balaban J connectivity index is 2.45. The number of nitrogens with zero attached hydrogens (tertiary/aromatic N) is 1. The average molecular weight is 248 g/mol. The summed E-state index contributed by atoms with van der Waals surface area (Å²) in [5, 5.41) is 3.58. The second kappa shape index (κ2) is 6.26.